The fraction of sp³-hybridized carbons (Fsp3) is 0.233. The van der Waals surface area contributed by atoms with E-state index in [4.69, 9.17) is 11.6 Å². The minimum atomic E-state index is -0.773. The first-order valence-electron chi connectivity index (χ1n) is 12.3. The molecular weight excluding hydrogens is 484 g/mol. The summed E-state index contributed by atoms with van der Waals surface area (Å²) in [6.07, 6.45) is 1.68. The molecule has 0 aliphatic rings. The molecule has 37 heavy (non-hydrogen) atoms. The van der Waals surface area contributed by atoms with Crippen LogP contribution in [0.25, 0.3) is 10.9 Å². The average Bonchev–Trinajstić information content (AvgIpc) is 3.13. The molecule has 0 radical (unpaired) electrons. The van der Waals surface area contributed by atoms with Gasteiger partial charge in [0, 0.05) is 28.7 Å². The van der Waals surface area contributed by atoms with E-state index in [0.29, 0.717) is 10.6 Å². The monoisotopic (exact) mass is 514 g/mol. The molecule has 0 aliphatic heterocycles. The van der Waals surface area contributed by atoms with E-state index in [2.05, 4.69) is 70.7 Å². The zero-order chi connectivity index (χ0) is 26.5. The number of hydrogen-bond acceptors (Lipinski definition) is 3. The summed E-state index contributed by atoms with van der Waals surface area (Å²) in [5.41, 5.74) is 8.46. The molecular formula is C30H31ClN4O2. The highest BCUT2D eigenvalue weighted by Crippen LogP contribution is 2.26. The van der Waals surface area contributed by atoms with Gasteiger partial charge in [0.1, 0.15) is 6.04 Å². The molecule has 0 saturated carbocycles. The van der Waals surface area contributed by atoms with Crippen molar-refractivity contribution in [2.75, 3.05) is 0 Å². The van der Waals surface area contributed by atoms with E-state index >= 15 is 0 Å². The van der Waals surface area contributed by atoms with Gasteiger partial charge < -0.3 is 9.88 Å². The van der Waals surface area contributed by atoms with Crippen molar-refractivity contribution in [1.82, 2.24) is 15.3 Å². The Balaban J connectivity index is 1.54. The van der Waals surface area contributed by atoms with Crippen LogP contribution in [0.2, 0.25) is 5.02 Å². The summed E-state index contributed by atoms with van der Waals surface area (Å²) in [7, 11) is 0. The second-order valence-electron chi connectivity index (χ2n) is 9.50. The number of rotatable bonds is 8. The summed E-state index contributed by atoms with van der Waals surface area (Å²) in [5, 5.41) is 8.44. The van der Waals surface area contributed by atoms with Gasteiger partial charge in [0.15, 0.2) is 0 Å². The van der Waals surface area contributed by atoms with Crippen molar-refractivity contribution in [2.24, 2.45) is 11.0 Å². The molecule has 6 nitrogen and oxygen atoms in total. The Labute approximate surface area is 222 Å². The molecule has 3 aromatic carbocycles. The topological polar surface area (TPSA) is 75.5 Å². The molecule has 0 spiro atoms. The first kappa shape index (κ1) is 26.2. The van der Waals surface area contributed by atoms with Gasteiger partial charge >= 0.3 is 0 Å². The van der Waals surface area contributed by atoms with E-state index in [1.807, 2.05) is 26.0 Å². The molecule has 4 rings (SSSR count). The van der Waals surface area contributed by atoms with Crippen molar-refractivity contribution in [3.8, 4) is 0 Å². The van der Waals surface area contributed by atoms with Crippen molar-refractivity contribution in [3.63, 3.8) is 0 Å². The summed E-state index contributed by atoms with van der Waals surface area (Å²) in [6.45, 7) is 8.61. The second-order valence-corrected chi connectivity index (χ2v) is 9.91. The van der Waals surface area contributed by atoms with Gasteiger partial charge in [-0.05, 0) is 43.5 Å². The molecule has 4 aromatic rings. The van der Waals surface area contributed by atoms with Gasteiger partial charge in [0.05, 0.1) is 16.8 Å². The lowest BCUT2D eigenvalue weighted by Gasteiger charge is -2.20. The lowest BCUT2D eigenvalue weighted by Crippen LogP contribution is -2.48. The van der Waals surface area contributed by atoms with Crippen LogP contribution in [0.1, 0.15) is 46.6 Å². The third kappa shape index (κ3) is 5.92. The fourth-order valence-corrected chi connectivity index (χ4v) is 4.67. The number of hydrogen-bond donors (Lipinski definition) is 2. The van der Waals surface area contributed by atoms with E-state index in [0.717, 1.165) is 28.7 Å². The largest absolute Gasteiger partial charge is 0.340 e. The minimum absolute atomic E-state index is 0.153. The molecule has 1 atom stereocenters. The first-order valence-corrected chi connectivity index (χ1v) is 12.7. The van der Waals surface area contributed by atoms with Crippen LogP contribution in [0.15, 0.2) is 77.9 Å². The van der Waals surface area contributed by atoms with Crippen LogP contribution < -0.4 is 10.7 Å². The van der Waals surface area contributed by atoms with E-state index in [9.17, 15) is 9.59 Å². The second kappa shape index (κ2) is 11.4. The van der Waals surface area contributed by atoms with Crippen LogP contribution in [0.4, 0.5) is 0 Å². The Hall–Kier alpha value is -3.90. The van der Waals surface area contributed by atoms with Gasteiger partial charge in [-0.1, -0.05) is 85.6 Å². The van der Waals surface area contributed by atoms with Crippen LogP contribution in [-0.2, 0) is 11.3 Å². The lowest BCUT2D eigenvalue weighted by atomic mass is 10.0. The van der Waals surface area contributed by atoms with Gasteiger partial charge in [0.2, 0.25) is 0 Å². The number of fused-ring (bicyclic) bond motifs is 1. The fourth-order valence-electron chi connectivity index (χ4n) is 4.45. The maximum absolute atomic E-state index is 13.0. The van der Waals surface area contributed by atoms with Gasteiger partial charge in [-0.15, -0.1) is 0 Å². The Morgan fingerprint density at radius 3 is 2.46 bits per heavy atom. The number of carbonyl (C=O) groups excluding carboxylic acids is 2. The Bertz CT molecular complexity index is 1470. The number of nitrogens with one attached hydrogen (secondary N) is 2. The molecule has 0 fully saturated rings. The SMILES string of the molecule is Cc1cccc(Cn2c(C)c(/C=N\NC(=O)C(NC(=O)c3ccccc3Cl)C(C)C)c3ccccc32)c1. The summed E-state index contributed by atoms with van der Waals surface area (Å²) < 4.78 is 2.26. The molecule has 1 heterocycles. The van der Waals surface area contributed by atoms with E-state index in [1.165, 1.54) is 11.1 Å². The van der Waals surface area contributed by atoms with Crippen LogP contribution in [0.3, 0.4) is 0 Å². The van der Waals surface area contributed by atoms with Crippen LogP contribution in [-0.4, -0.2) is 28.6 Å². The predicted octanol–water partition coefficient (Wildman–Crippen LogP) is 5.86. The van der Waals surface area contributed by atoms with Crippen molar-refractivity contribution < 1.29 is 9.59 Å². The number of para-hydroxylation sites is 1. The average molecular weight is 515 g/mol. The summed E-state index contributed by atoms with van der Waals surface area (Å²) in [4.78, 5) is 25.7. The molecule has 1 aromatic heterocycles. The molecule has 2 amide bonds. The molecule has 190 valence electrons. The van der Waals surface area contributed by atoms with Gasteiger partial charge in [-0.3, -0.25) is 9.59 Å². The van der Waals surface area contributed by atoms with Crippen molar-refractivity contribution >= 4 is 40.5 Å². The van der Waals surface area contributed by atoms with Gasteiger partial charge in [-0.25, -0.2) is 5.43 Å². The Kier molecular flexibility index (Phi) is 8.09. The summed E-state index contributed by atoms with van der Waals surface area (Å²) >= 11 is 6.15. The number of halogens is 1. The summed E-state index contributed by atoms with van der Waals surface area (Å²) in [6, 6.07) is 22.6. The number of nitrogens with zero attached hydrogens (tertiary/aromatic N) is 2. The molecule has 7 heteroatoms. The van der Waals surface area contributed by atoms with Gasteiger partial charge in [-0.2, -0.15) is 5.10 Å². The number of amides is 2. The highest BCUT2D eigenvalue weighted by molar-refractivity contribution is 6.33. The standard InChI is InChI=1S/C30H31ClN4O2/c1-19(2)28(33-29(36)24-13-5-7-14-26(24)31)30(37)34-32-17-25-21(4)35(27-15-8-6-12-23(25)27)18-22-11-9-10-20(3)16-22/h5-17,19,28H,18H2,1-4H3,(H,33,36)(H,34,37)/b32-17-. The Morgan fingerprint density at radius 2 is 1.73 bits per heavy atom. The normalized spacial score (nSPS) is 12.3. The first-order chi connectivity index (χ1) is 17.8. The smallest absolute Gasteiger partial charge is 0.262 e. The van der Waals surface area contributed by atoms with Crippen molar-refractivity contribution in [3.05, 3.63) is 106 Å². The number of hydrazone groups is 1. The van der Waals surface area contributed by atoms with Crippen molar-refractivity contribution in [2.45, 2.75) is 40.3 Å². The molecule has 0 aliphatic carbocycles. The Morgan fingerprint density at radius 1 is 1.00 bits per heavy atom. The zero-order valence-electron chi connectivity index (χ0n) is 21.5. The predicted molar refractivity (Wildman–Crippen MR) is 150 cm³/mol. The molecule has 2 N–H and O–H groups in total. The number of carbonyl (C=O) groups is 2. The maximum atomic E-state index is 13.0. The molecule has 1 unspecified atom stereocenters. The quantitative estimate of drug-likeness (QED) is 0.228. The van der Waals surface area contributed by atoms with Crippen LogP contribution in [0, 0.1) is 19.8 Å². The third-order valence-corrected chi connectivity index (χ3v) is 6.76. The van der Waals surface area contributed by atoms with Gasteiger partial charge in [0.25, 0.3) is 11.8 Å². The highest BCUT2D eigenvalue weighted by Gasteiger charge is 2.25. The van der Waals surface area contributed by atoms with E-state index in [1.54, 1.807) is 30.5 Å². The van der Waals surface area contributed by atoms with Crippen molar-refractivity contribution in [1.29, 1.82) is 0 Å². The molecule has 0 bridgehead atoms. The lowest BCUT2D eigenvalue weighted by molar-refractivity contribution is -0.123. The number of benzene rings is 3. The maximum Gasteiger partial charge on any atom is 0.262 e. The van der Waals surface area contributed by atoms with E-state index in [-0.39, 0.29) is 5.92 Å². The van der Waals surface area contributed by atoms with Crippen LogP contribution in [0.5, 0.6) is 0 Å². The zero-order valence-corrected chi connectivity index (χ0v) is 22.2. The van der Waals surface area contributed by atoms with Crippen LogP contribution >= 0.6 is 11.6 Å². The van der Waals surface area contributed by atoms with E-state index < -0.39 is 17.9 Å². The number of aromatic nitrogens is 1. The number of aryl methyl sites for hydroxylation is 1. The minimum Gasteiger partial charge on any atom is -0.340 e. The molecule has 0 saturated heterocycles. The highest BCUT2D eigenvalue weighted by atomic mass is 35.5. The third-order valence-electron chi connectivity index (χ3n) is 6.43. The summed E-state index contributed by atoms with van der Waals surface area (Å²) in [5.74, 6) is -0.953.